The molecule has 3 rings (SSSR count). The van der Waals surface area contributed by atoms with Gasteiger partial charge in [0.2, 0.25) is 5.91 Å². The Kier molecular flexibility index (Phi) is 8.40. The number of halogens is 1. The fourth-order valence-corrected chi connectivity index (χ4v) is 4.64. The lowest BCUT2D eigenvalue weighted by molar-refractivity contribution is -0.116. The van der Waals surface area contributed by atoms with Gasteiger partial charge in [-0.05, 0) is 66.6 Å². The van der Waals surface area contributed by atoms with E-state index in [1.54, 1.807) is 24.5 Å². The van der Waals surface area contributed by atoms with E-state index in [9.17, 15) is 13.7 Å². The van der Waals surface area contributed by atoms with E-state index < -0.39 is 11.2 Å². The average Bonchev–Trinajstić information content (AvgIpc) is 3.31. The molecule has 32 heavy (non-hydrogen) atoms. The minimum Gasteiger partial charge on any atom is -0.611 e. The molecule has 1 amide bonds. The van der Waals surface area contributed by atoms with Gasteiger partial charge in [-0.25, -0.2) is 4.39 Å². The Morgan fingerprint density at radius 3 is 2.72 bits per heavy atom. The Bertz CT molecular complexity index is 1040. The number of amides is 1. The van der Waals surface area contributed by atoms with Crippen LogP contribution in [0.4, 0.5) is 10.1 Å². The number of aromatic nitrogens is 2. The molecule has 0 fully saturated rings. The smallest absolute Gasteiger partial charge is 0.224 e. The van der Waals surface area contributed by atoms with Gasteiger partial charge in [0.25, 0.3) is 0 Å². The first kappa shape index (κ1) is 23.9. The maximum Gasteiger partial charge on any atom is 0.224 e. The number of anilines is 1. The first-order chi connectivity index (χ1) is 15.4. The number of H-pyrrole nitrogens is 1. The number of benzene rings is 2. The number of aryl methyl sites for hydroxylation is 1. The number of aromatic amines is 1. The number of hydrogen-bond acceptors (Lipinski definition) is 5. The summed E-state index contributed by atoms with van der Waals surface area (Å²) in [7, 11) is 3.84. The molecule has 9 heteroatoms. The molecule has 0 spiro atoms. The van der Waals surface area contributed by atoms with Crippen molar-refractivity contribution >= 4 is 22.8 Å². The third-order valence-corrected chi connectivity index (χ3v) is 6.45. The van der Waals surface area contributed by atoms with Gasteiger partial charge in [0.15, 0.2) is 4.90 Å². The van der Waals surface area contributed by atoms with E-state index in [1.807, 2.05) is 31.1 Å². The Labute approximate surface area is 190 Å². The van der Waals surface area contributed by atoms with E-state index in [0.717, 1.165) is 16.7 Å². The van der Waals surface area contributed by atoms with Gasteiger partial charge < -0.3 is 20.5 Å². The predicted octanol–water partition coefficient (Wildman–Crippen LogP) is 2.92. The number of nitrogens with one attached hydrogen (secondary N) is 2. The van der Waals surface area contributed by atoms with Gasteiger partial charge in [0, 0.05) is 37.3 Å². The fourth-order valence-electron chi connectivity index (χ4n) is 3.26. The monoisotopic (exact) mass is 457 g/mol. The molecule has 4 N–H and O–H groups in total. The summed E-state index contributed by atoms with van der Waals surface area (Å²) in [6.45, 7) is 0.930. The molecule has 1 heterocycles. The lowest BCUT2D eigenvalue weighted by atomic mass is 10.0. The Balaban J connectivity index is 1.76. The van der Waals surface area contributed by atoms with Crippen LogP contribution in [0.25, 0.3) is 11.1 Å². The van der Waals surface area contributed by atoms with E-state index in [1.165, 1.54) is 12.1 Å². The molecule has 1 atom stereocenters. The molecule has 0 bridgehead atoms. The molecular weight excluding hydrogens is 429 g/mol. The highest BCUT2D eigenvalue weighted by molar-refractivity contribution is 7.91. The van der Waals surface area contributed by atoms with Gasteiger partial charge in [-0.15, -0.1) is 0 Å². The lowest BCUT2D eigenvalue weighted by Gasteiger charge is -2.18. The van der Waals surface area contributed by atoms with Crippen LogP contribution in [0.1, 0.15) is 17.5 Å². The highest BCUT2D eigenvalue weighted by Gasteiger charge is 2.20. The van der Waals surface area contributed by atoms with Crippen LogP contribution in [0, 0.1) is 5.82 Å². The van der Waals surface area contributed by atoms with Crippen LogP contribution in [-0.4, -0.2) is 52.0 Å². The number of carbonyl (C=O) groups is 1. The molecule has 0 aliphatic carbocycles. The van der Waals surface area contributed by atoms with Crippen molar-refractivity contribution < 1.29 is 13.7 Å². The van der Waals surface area contributed by atoms with Crippen molar-refractivity contribution in [2.45, 2.75) is 24.3 Å². The zero-order chi connectivity index (χ0) is 23.1. The molecular formula is C23H28FN5O2S. The molecule has 170 valence electrons. The molecule has 2 aromatic carbocycles. The summed E-state index contributed by atoms with van der Waals surface area (Å²) in [5.41, 5.74) is 9.49. The second kappa shape index (κ2) is 11.2. The lowest BCUT2D eigenvalue weighted by Crippen LogP contribution is -2.23. The number of hydrogen-bond donors (Lipinski definition) is 3. The molecule has 0 saturated heterocycles. The van der Waals surface area contributed by atoms with E-state index in [0.29, 0.717) is 34.9 Å². The molecule has 0 radical (unpaired) electrons. The van der Waals surface area contributed by atoms with Crippen molar-refractivity contribution in [1.82, 2.24) is 15.1 Å². The molecule has 0 aliphatic heterocycles. The maximum absolute atomic E-state index is 13.6. The summed E-state index contributed by atoms with van der Waals surface area (Å²) in [5.74, 6) is -0.154. The predicted molar refractivity (Wildman–Crippen MR) is 125 cm³/mol. The van der Waals surface area contributed by atoms with Gasteiger partial charge in [0.1, 0.15) is 11.6 Å². The Morgan fingerprint density at radius 2 is 2.03 bits per heavy atom. The number of nitrogens with two attached hydrogens (primary N) is 1. The normalized spacial score (nSPS) is 12.2. The van der Waals surface area contributed by atoms with Crippen molar-refractivity contribution in [3.8, 4) is 11.1 Å². The molecule has 0 aliphatic rings. The quantitative estimate of drug-likeness (QED) is 0.406. The van der Waals surface area contributed by atoms with E-state index in [-0.39, 0.29) is 24.7 Å². The summed E-state index contributed by atoms with van der Waals surface area (Å²) in [6.07, 6.45) is 3.97. The average molecular weight is 458 g/mol. The largest absolute Gasteiger partial charge is 0.611 e. The van der Waals surface area contributed by atoms with Crippen molar-refractivity contribution in [2.75, 3.05) is 31.7 Å². The van der Waals surface area contributed by atoms with E-state index in [2.05, 4.69) is 15.5 Å². The molecule has 1 aromatic heterocycles. The first-order valence-corrected chi connectivity index (χ1v) is 11.6. The van der Waals surface area contributed by atoms with Gasteiger partial charge in [-0.2, -0.15) is 5.10 Å². The minimum absolute atomic E-state index is 0.156. The zero-order valence-corrected chi connectivity index (χ0v) is 19.0. The van der Waals surface area contributed by atoms with Crippen LogP contribution in [0.2, 0.25) is 0 Å². The molecule has 1 unspecified atom stereocenters. The molecule has 3 aromatic rings. The zero-order valence-electron chi connectivity index (χ0n) is 18.2. The summed E-state index contributed by atoms with van der Waals surface area (Å²) >= 11 is -1.31. The number of carbonyl (C=O) groups excluding carboxylic acids is 1. The van der Waals surface area contributed by atoms with E-state index >= 15 is 0 Å². The second-order valence-electron chi connectivity index (χ2n) is 7.72. The Hall–Kier alpha value is -2.72. The molecule has 0 saturated carbocycles. The second-order valence-corrected chi connectivity index (χ2v) is 9.26. The summed E-state index contributed by atoms with van der Waals surface area (Å²) in [6, 6.07) is 9.86. The van der Waals surface area contributed by atoms with Crippen molar-refractivity contribution in [2.24, 2.45) is 5.73 Å². The van der Waals surface area contributed by atoms with Gasteiger partial charge >= 0.3 is 0 Å². The summed E-state index contributed by atoms with van der Waals surface area (Å²) < 4.78 is 26.6. The number of rotatable bonds is 10. The Morgan fingerprint density at radius 1 is 1.22 bits per heavy atom. The van der Waals surface area contributed by atoms with Crippen LogP contribution in [0.5, 0.6) is 0 Å². The highest BCUT2D eigenvalue weighted by atomic mass is 32.2. The first-order valence-electron chi connectivity index (χ1n) is 10.3. The van der Waals surface area contributed by atoms with Crippen LogP contribution in [-0.2, 0) is 28.9 Å². The summed E-state index contributed by atoms with van der Waals surface area (Å²) in [4.78, 5) is 15.2. The van der Waals surface area contributed by atoms with Crippen molar-refractivity contribution in [3.63, 3.8) is 0 Å². The maximum atomic E-state index is 13.6. The summed E-state index contributed by atoms with van der Waals surface area (Å²) in [5, 5.41) is 9.62. The van der Waals surface area contributed by atoms with Crippen LogP contribution >= 0.6 is 0 Å². The topological polar surface area (TPSA) is 110 Å². The number of nitrogens with zero attached hydrogens (tertiary/aromatic N) is 2. The van der Waals surface area contributed by atoms with Gasteiger partial charge in [-0.3, -0.25) is 9.89 Å². The van der Waals surface area contributed by atoms with Crippen LogP contribution < -0.4 is 11.1 Å². The van der Waals surface area contributed by atoms with E-state index in [4.69, 9.17) is 5.73 Å². The van der Waals surface area contributed by atoms with Crippen molar-refractivity contribution in [1.29, 1.82) is 0 Å². The van der Waals surface area contributed by atoms with Gasteiger partial charge in [0.05, 0.1) is 11.9 Å². The third kappa shape index (κ3) is 6.39. The van der Waals surface area contributed by atoms with Crippen molar-refractivity contribution in [3.05, 3.63) is 65.7 Å². The fraction of sp³-hybridized carbons (Fsp3) is 0.304. The highest BCUT2D eigenvalue weighted by Crippen LogP contribution is 2.29. The standard InChI is InChI=1S/C23H28FN5O2S/c1-29(2)9-10-32(31)22-12-17(19-14-26-27-15-19)4-7-21(22)28-23(30)8-5-16-11-20(24)6-3-18(16)13-25/h3-4,6-7,11-12,14-15H,5,8-10,13,25H2,1-2H3,(H,26,27)(H,28,30). The SMILES string of the molecule is CN(C)CC[S+]([O-])c1cc(-c2cn[nH]c2)ccc1NC(=O)CCc1cc(F)ccc1CN. The van der Waals surface area contributed by atoms with Gasteiger partial charge in [-0.1, -0.05) is 12.1 Å². The van der Waals surface area contributed by atoms with Crippen LogP contribution in [0.15, 0.2) is 53.7 Å². The molecule has 7 nitrogen and oxygen atoms in total. The van der Waals surface area contributed by atoms with Crippen LogP contribution in [0.3, 0.4) is 0 Å². The minimum atomic E-state index is -1.31. The third-order valence-electron chi connectivity index (χ3n) is 5.07.